The van der Waals surface area contributed by atoms with Crippen molar-refractivity contribution in [3.8, 4) is 0 Å². The summed E-state index contributed by atoms with van der Waals surface area (Å²) in [6, 6.07) is 17.0. The molecule has 27 heavy (non-hydrogen) atoms. The molecule has 1 aliphatic rings. The lowest BCUT2D eigenvalue weighted by atomic mass is 10.00. The first-order chi connectivity index (χ1) is 13.1. The quantitative estimate of drug-likeness (QED) is 0.669. The highest BCUT2D eigenvalue weighted by atomic mass is 32.1. The molecule has 0 unspecified atom stereocenters. The van der Waals surface area contributed by atoms with Crippen molar-refractivity contribution < 1.29 is 0 Å². The van der Waals surface area contributed by atoms with E-state index in [4.69, 9.17) is 12.2 Å². The van der Waals surface area contributed by atoms with Gasteiger partial charge in [-0.1, -0.05) is 12.1 Å². The standard InChI is InChI=1S/C22H24N4S/c1-4-25-11-7-9-19(25)21-20(18-8-5-6-10-23-18)24-22(27)26(21)17-13-15(2)12-16(3)14-17/h5-14,20-21H,4H2,1-3H3,(H,24,27)/t20-,21+/m1/s1. The Morgan fingerprint density at radius 1 is 1.07 bits per heavy atom. The molecule has 0 radical (unpaired) electrons. The van der Waals surface area contributed by atoms with Gasteiger partial charge < -0.3 is 14.8 Å². The summed E-state index contributed by atoms with van der Waals surface area (Å²) >= 11 is 5.79. The maximum absolute atomic E-state index is 5.79. The summed E-state index contributed by atoms with van der Waals surface area (Å²) in [5, 5.41) is 4.27. The van der Waals surface area contributed by atoms with Crippen LogP contribution in [0.1, 0.15) is 41.5 Å². The Morgan fingerprint density at radius 3 is 2.52 bits per heavy atom. The van der Waals surface area contributed by atoms with Gasteiger partial charge in [0.1, 0.15) is 6.04 Å². The third kappa shape index (κ3) is 3.23. The van der Waals surface area contributed by atoms with Gasteiger partial charge in [-0.05, 0) is 80.5 Å². The molecule has 3 heterocycles. The highest BCUT2D eigenvalue weighted by molar-refractivity contribution is 7.80. The summed E-state index contributed by atoms with van der Waals surface area (Å²) in [5.41, 5.74) is 5.83. The van der Waals surface area contributed by atoms with E-state index in [0.29, 0.717) is 0 Å². The molecular weight excluding hydrogens is 352 g/mol. The maximum atomic E-state index is 5.79. The number of hydrogen-bond donors (Lipinski definition) is 1. The van der Waals surface area contributed by atoms with E-state index in [0.717, 1.165) is 23.0 Å². The second kappa shape index (κ2) is 7.16. The van der Waals surface area contributed by atoms with E-state index in [-0.39, 0.29) is 12.1 Å². The molecule has 3 aromatic rings. The molecule has 0 spiro atoms. The third-order valence-corrected chi connectivity index (χ3v) is 5.41. The first kappa shape index (κ1) is 17.7. The zero-order valence-corrected chi connectivity index (χ0v) is 16.7. The van der Waals surface area contributed by atoms with E-state index in [1.807, 2.05) is 18.3 Å². The zero-order valence-electron chi connectivity index (χ0n) is 15.9. The summed E-state index contributed by atoms with van der Waals surface area (Å²) in [5.74, 6) is 0. The second-order valence-corrected chi connectivity index (χ2v) is 7.45. The molecule has 138 valence electrons. The Labute approximate surface area is 165 Å². The van der Waals surface area contributed by atoms with E-state index >= 15 is 0 Å². The Balaban J connectivity index is 1.87. The molecule has 1 aromatic carbocycles. The summed E-state index contributed by atoms with van der Waals surface area (Å²) in [7, 11) is 0. The van der Waals surface area contributed by atoms with Crippen LogP contribution in [0.2, 0.25) is 0 Å². The normalized spacial score (nSPS) is 19.4. The van der Waals surface area contributed by atoms with Gasteiger partial charge in [0.05, 0.1) is 11.7 Å². The molecule has 1 fully saturated rings. The average molecular weight is 377 g/mol. The predicted octanol–water partition coefficient (Wildman–Crippen LogP) is 4.70. The first-order valence-corrected chi connectivity index (χ1v) is 9.73. The fourth-order valence-electron chi connectivity index (χ4n) is 4.01. The number of aryl methyl sites for hydroxylation is 3. The molecule has 0 aliphatic carbocycles. The zero-order chi connectivity index (χ0) is 19.0. The van der Waals surface area contributed by atoms with Crippen LogP contribution < -0.4 is 10.2 Å². The van der Waals surface area contributed by atoms with E-state index in [1.54, 1.807) is 0 Å². The van der Waals surface area contributed by atoms with Crippen molar-refractivity contribution in [3.63, 3.8) is 0 Å². The number of nitrogens with zero attached hydrogens (tertiary/aromatic N) is 3. The van der Waals surface area contributed by atoms with E-state index < -0.39 is 0 Å². The average Bonchev–Trinajstić information content (AvgIpc) is 3.25. The third-order valence-electron chi connectivity index (χ3n) is 5.09. The molecule has 4 rings (SSSR count). The summed E-state index contributed by atoms with van der Waals surface area (Å²) in [6.45, 7) is 7.34. The van der Waals surface area contributed by atoms with Crippen LogP contribution in [0.25, 0.3) is 0 Å². The highest BCUT2D eigenvalue weighted by Gasteiger charge is 2.41. The van der Waals surface area contributed by atoms with Crippen molar-refractivity contribution in [2.24, 2.45) is 0 Å². The van der Waals surface area contributed by atoms with Crippen molar-refractivity contribution in [3.05, 3.63) is 83.4 Å². The van der Waals surface area contributed by atoms with Crippen LogP contribution in [0.15, 0.2) is 60.9 Å². The minimum absolute atomic E-state index is 0.000261. The second-order valence-electron chi connectivity index (χ2n) is 7.06. The maximum Gasteiger partial charge on any atom is 0.174 e. The molecule has 0 amide bonds. The van der Waals surface area contributed by atoms with Crippen LogP contribution in [0.3, 0.4) is 0 Å². The predicted molar refractivity (Wildman–Crippen MR) is 114 cm³/mol. The molecule has 0 bridgehead atoms. The fraction of sp³-hybridized carbons (Fsp3) is 0.273. The molecule has 1 aliphatic heterocycles. The van der Waals surface area contributed by atoms with Crippen molar-refractivity contribution in [2.75, 3.05) is 4.90 Å². The first-order valence-electron chi connectivity index (χ1n) is 9.32. The number of pyridine rings is 1. The van der Waals surface area contributed by atoms with Crippen LogP contribution in [0, 0.1) is 13.8 Å². The minimum atomic E-state index is -0.000261. The highest BCUT2D eigenvalue weighted by Crippen LogP contribution is 2.41. The number of rotatable bonds is 4. The Bertz CT molecular complexity index is 943. The lowest BCUT2D eigenvalue weighted by Crippen LogP contribution is -2.30. The van der Waals surface area contributed by atoms with Crippen LogP contribution in [-0.2, 0) is 6.54 Å². The van der Waals surface area contributed by atoms with E-state index in [1.165, 1.54) is 16.8 Å². The topological polar surface area (TPSA) is 33.1 Å². The number of hydrogen-bond acceptors (Lipinski definition) is 2. The molecule has 0 saturated carbocycles. The largest absolute Gasteiger partial charge is 0.351 e. The Hall–Kier alpha value is -2.66. The van der Waals surface area contributed by atoms with Gasteiger partial charge in [0.2, 0.25) is 0 Å². The smallest absolute Gasteiger partial charge is 0.174 e. The van der Waals surface area contributed by atoms with Gasteiger partial charge in [-0.2, -0.15) is 0 Å². The van der Waals surface area contributed by atoms with Crippen molar-refractivity contribution in [2.45, 2.75) is 39.4 Å². The molecule has 1 saturated heterocycles. The number of anilines is 1. The monoisotopic (exact) mass is 376 g/mol. The SMILES string of the molecule is CCn1cccc1[C@H]1[C@@H](c2ccccn2)NC(=S)N1c1cc(C)cc(C)c1. The lowest BCUT2D eigenvalue weighted by molar-refractivity contribution is 0.529. The number of benzene rings is 1. The van der Waals surface area contributed by atoms with Crippen LogP contribution in [0.4, 0.5) is 5.69 Å². The van der Waals surface area contributed by atoms with Crippen molar-refractivity contribution in [1.29, 1.82) is 0 Å². The molecular formula is C22H24N4S. The van der Waals surface area contributed by atoms with Crippen molar-refractivity contribution >= 4 is 23.0 Å². The van der Waals surface area contributed by atoms with Gasteiger partial charge in [0.25, 0.3) is 0 Å². The number of thiocarbonyl (C=S) groups is 1. The van der Waals surface area contributed by atoms with E-state index in [9.17, 15) is 0 Å². The van der Waals surface area contributed by atoms with Crippen molar-refractivity contribution in [1.82, 2.24) is 14.9 Å². The number of nitrogens with one attached hydrogen (secondary N) is 1. The van der Waals surface area contributed by atoms with Gasteiger partial charge in [-0.3, -0.25) is 4.98 Å². The van der Waals surface area contributed by atoms with Gasteiger partial charge in [0.15, 0.2) is 5.11 Å². The van der Waals surface area contributed by atoms with Crippen LogP contribution in [-0.4, -0.2) is 14.7 Å². The number of aromatic nitrogens is 2. The van der Waals surface area contributed by atoms with Gasteiger partial charge in [-0.15, -0.1) is 0 Å². The molecule has 2 aromatic heterocycles. The molecule has 2 atom stereocenters. The van der Waals surface area contributed by atoms with Crippen LogP contribution >= 0.6 is 12.2 Å². The summed E-state index contributed by atoms with van der Waals surface area (Å²) < 4.78 is 2.28. The summed E-state index contributed by atoms with van der Waals surface area (Å²) in [4.78, 5) is 6.86. The Kier molecular flexibility index (Phi) is 4.70. The summed E-state index contributed by atoms with van der Waals surface area (Å²) in [6.07, 6.45) is 3.97. The lowest BCUT2D eigenvalue weighted by Gasteiger charge is -2.29. The minimum Gasteiger partial charge on any atom is -0.351 e. The van der Waals surface area contributed by atoms with E-state index in [2.05, 4.69) is 83.1 Å². The fourth-order valence-corrected chi connectivity index (χ4v) is 4.35. The van der Waals surface area contributed by atoms with Gasteiger partial charge >= 0.3 is 0 Å². The van der Waals surface area contributed by atoms with Crippen LogP contribution in [0.5, 0.6) is 0 Å². The molecule has 4 nitrogen and oxygen atoms in total. The Morgan fingerprint density at radius 2 is 1.85 bits per heavy atom. The van der Waals surface area contributed by atoms with Gasteiger partial charge in [0, 0.05) is 30.3 Å². The molecule has 1 N–H and O–H groups in total. The molecule has 5 heteroatoms. The van der Waals surface area contributed by atoms with Gasteiger partial charge in [-0.25, -0.2) is 0 Å².